The highest BCUT2D eigenvalue weighted by molar-refractivity contribution is 5.94. The summed E-state index contributed by atoms with van der Waals surface area (Å²) < 4.78 is 43.3. The first-order valence-electron chi connectivity index (χ1n) is 12.2. The summed E-state index contributed by atoms with van der Waals surface area (Å²) in [5.41, 5.74) is 2.25. The Morgan fingerprint density at radius 1 is 1.28 bits per heavy atom. The normalized spacial score (nSPS) is 13.2. The summed E-state index contributed by atoms with van der Waals surface area (Å²) in [4.78, 5) is 42.5. The predicted molar refractivity (Wildman–Crippen MR) is 137 cm³/mol. The van der Waals surface area contributed by atoms with Gasteiger partial charge in [0.1, 0.15) is 17.3 Å². The topological polar surface area (TPSA) is 114 Å². The van der Waals surface area contributed by atoms with Gasteiger partial charge in [-0.2, -0.15) is 0 Å². The maximum Gasteiger partial charge on any atom is 0.573 e. The molecular weight excluding hydrogens is 517 g/mol. The molecule has 0 atom stereocenters. The number of carbonyl (C=O) groups is 2. The second-order valence-corrected chi connectivity index (χ2v) is 9.33. The molecule has 12 heteroatoms. The van der Waals surface area contributed by atoms with E-state index in [0.717, 1.165) is 12.8 Å². The lowest BCUT2D eigenvalue weighted by molar-refractivity contribution is -0.274. The Balaban J connectivity index is 1.63. The van der Waals surface area contributed by atoms with Crippen molar-refractivity contribution in [3.63, 3.8) is 0 Å². The number of amides is 2. The third-order valence-corrected chi connectivity index (χ3v) is 6.47. The average molecular weight is 545 g/mol. The highest BCUT2D eigenvalue weighted by Gasteiger charge is 2.31. The molecule has 0 saturated heterocycles. The lowest BCUT2D eigenvalue weighted by atomic mass is 10.0. The molecule has 1 aliphatic rings. The van der Waals surface area contributed by atoms with Crippen LogP contribution in [0.5, 0.6) is 5.75 Å². The van der Waals surface area contributed by atoms with Gasteiger partial charge in [0.2, 0.25) is 12.3 Å². The van der Waals surface area contributed by atoms with Crippen LogP contribution >= 0.6 is 0 Å². The fourth-order valence-corrected chi connectivity index (χ4v) is 4.25. The van der Waals surface area contributed by atoms with Gasteiger partial charge in [-0.3, -0.25) is 19.3 Å². The molecule has 2 aromatic heterocycles. The van der Waals surface area contributed by atoms with Crippen molar-refractivity contribution in [2.75, 3.05) is 16.8 Å². The Morgan fingerprint density at radius 2 is 2.03 bits per heavy atom. The number of ether oxygens (including phenoxy) is 1. The van der Waals surface area contributed by atoms with Crippen LogP contribution in [0.1, 0.15) is 29.5 Å². The molecule has 2 N–H and O–H groups in total. The van der Waals surface area contributed by atoms with Gasteiger partial charge in [-0.25, -0.2) is 4.98 Å². The molecule has 1 aliphatic carbocycles. The maximum atomic E-state index is 12.6. The van der Waals surface area contributed by atoms with Crippen LogP contribution in [0.2, 0.25) is 0 Å². The fraction of sp³-hybridized carbons (Fsp3) is 0.333. The van der Waals surface area contributed by atoms with Crippen LogP contribution in [-0.4, -0.2) is 39.9 Å². The molecule has 4 rings (SSSR count). The predicted octanol–water partition coefficient (Wildman–Crippen LogP) is 3.70. The number of aromatic nitrogens is 2. The summed E-state index contributed by atoms with van der Waals surface area (Å²) in [6, 6.07) is 7.12. The molecule has 1 saturated carbocycles. The second kappa shape index (κ2) is 11.3. The van der Waals surface area contributed by atoms with Crippen molar-refractivity contribution in [1.82, 2.24) is 9.55 Å². The third-order valence-electron chi connectivity index (χ3n) is 6.47. The monoisotopic (exact) mass is 544 g/mol. The number of rotatable bonds is 10. The summed E-state index contributed by atoms with van der Waals surface area (Å²) in [5.74, 6) is -0.544. The second-order valence-electron chi connectivity index (χ2n) is 9.33. The van der Waals surface area contributed by atoms with Crippen molar-refractivity contribution in [3.8, 4) is 16.9 Å². The number of halogens is 3. The Kier molecular flexibility index (Phi) is 8.05. The van der Waals surface area contributed by atoms with E-state index in [4.69, 9.17) is 0 Å². The van der Waals surface area contributed by atoms with E-state index in [1.807, 2.05) is 0 Å². The quantitative estimate of drug-likeness (QED) is 0.377. The first-order valence-corrected chi connectivity index (χ1v) is 12.2. The molecule has 3 aromatic rings. The molecule has 0 radical (unpaired) electrons. The molecule has 0 bridgehead atoms. The van der Waals surface area contributed by atoms with Crippen molar-refractivity contribution in [2.24, 2.45) is 13.0 Å². The van der Waals surface area contributed by atoms with E-state index in [9.17, 15) is 32.7 Å². The van der Waals surface area contributed by atoms with Crippen molar-refractivity contribution in [3.05, 3.63) is 69.8 Å². The number of aliphatic hydroxyl groups is 1. The summed E-state index contributed by atoms with van der Waals surface area (Å²) in [6.07, 6.45) is 0.421. The number of anilines is 2. The van der Waals surface area contributed by atoms with Crippen LogP contribution in [-0.2, 0) is 29.7 Å². The SMILES string of the molecule is Cc1ccc(OC(F)(F)F)cc1CCN(C=O)c1nccc(-c2cc(NC(=O)C3CC3)c(=O)n(C)c2)c1CO. The zero-order valence-electron chi connectivity index (χ0n) is 21.3. The number of hydrogen-bond acceptors (Lipinski definition) is 6. The summed E-state index contributed by atoms with van der Waals surface area (Å²) in [5, 5.41) is 12.9. The first kappa shape index (κ1) is 27.8. The Hall–Kier alpha value is -4.19. The summed E-state index contributed by atoms with van der Waals surface area (Å²) >= 11 is 0. The number of nitrogens with zero attached hydrogens (tertiary/aromatic N) is 3. The average Bonchev–Trinajstić information content (AvgIpc) is 3.73. The molecule has 39 heavy (non-hydrogen) atoms. The first-order chi connectivity index (χ1) is 18.5. The number of carbonyl (C=O) groups excluding carboxylic acids is 2. The zero-order valence-corrected chi connectivity index (χ0v) is 21.3. The van der Waals surface area contributed by atoms with Gasteiger partial charge >= 0.3 is 6.36 Å². The number of benzene rings is 1. The van der Waals surface area contributed by atoms with Gasteiger partial charge in [-0.05, 0) is 67.1 Å². The highest BCUT2D eigenvalue weighted by atomic mass is 19.4. The highest BCUT2D eigenvalue weighted by Crippen LogP contribution is 2.32. The van der Waals surface area contributed by atoms with Gasteiger partial charge in [-0.1, -0.05) is 6.07 Å². The largest absolute Gasteiger partial charge is 0.573 e. The molecule has 2 amide bonds. The number of aryl methyl sites for hydroxylation is 2. The van der Waals surface area contributed by atoms with E-state index in [2.05, 4.69) is 15.0 Å². The molecule has 1 fully saturated rings. The van der Waals surface area contributed by atoms with E-state index in [1.165, 1.54) is 47.0 Å². The molecule has 2 heterocycles. The fourth-order valence-electron chi connectivity index (χ4n) is 4.25. The van der Waals surface area contributed by atoms with Gasteiger partial charge < -0.3 is 19.7 Å². The van der Waals surface area contributed by atoms with Gasteiger partial charge in [0.15, 0.2) is 0 Å². The third kappa shape index (κ3) is 6.63. The molecule has 206 valence electrons. The summed E-state index contributed by atoms with van der Waals surface area (Å²) in [7, 11) is 1.54. The molecule has 0 spiro atoms. The summed E-state index contributed by atoms with van der Waals surface area (Å²) in [6.45, 7) is 1.29. The Bertz CT molecular complexity index is 1450. The minimum absolute atomic E-state index is 0.0548. The standard InChI is InChI=1S/C27H27F3N4O5/c1-16-3-6-20(39-27(28,29)30)11-18(16)8-10-34(15-36)24-22(14-35)21(7-9-31-24)19-12-23(26(38)33(2)13-19)32-25(37)17-4-5-17/h3,6-7,9,11-13,15,17,35H,4-5,8,10,14H2,1-2H3,(H,32,37). The van der Waals surface area contributed by atoms with Crippen molar-refractivity contribution in [1.29, 1.82) is 0 Å². The van der Waals surface area contributed by atoms with E-state index < -0.39 is 18.5 Å². The number of nitrogens with one attached hydrogen (secondary N) is 1. The lowest BCUT2D eigenvalue weighted by Gasteiger charge is -2.22. The number of hydrogen-bond donors (Lipinski definition) is 2. The number of pyridine rings is 2. The van der Waals surface area contributed by atoms with E-state index >= 15 is 0 Å². The van der Waals surface area contributed by atoms with Crippen molar-refractivity contribution >= 4 is 23.8 Å². The van der Waals surface area contributed by atoms with Crippen molar-refractivity contribution < 1.29 is 32.6 Å². The molecule has 0 aliphatic heterocycles. The van der Waals surface area contributed by atoms with Crippen LogP contribution in [0.3, 0.4) is 0 Å². The van der Waals surface area contributed by atoms with Crippen LogP contribution < -0.4 is 20.5 Å². The van der Waals surface area contributed by atoms with Crippen LogP contribution in [0.4, 0.5) is 24.7 Å². The lowest BCUT2D eigenvalue weighted by Crippen LogP contribution is -2.27. The van der Waals surface area contributed by atoms with Crippen LogP contribution in [0, 0.1) is 12.8 Å². The smallest absolute Gasteiger partial charge is 0.406 e. The molecular formula is C27H27F3N4O5. The van der Waals surface area contributed by atoms with Gasteiger partial charge in [-0.15, -0.1) is 13.2 Å². The van der Waals surface area contributed by atoms with E-state index in [-0.39, 0.29) is 42.0 Å². The maximum absolute atomic E-state index is 12.6. The van der Waals surface area contributed by atoms with Gasteiger partial charge in [0, 0.05) is 43.0 Å². The molecule has 1 aromatic carbocycles. The van der Waals surface area contributed by atoms with E-state index in [0.29, 0.717) is 34.2 Å². The van der Waals surface area contributed by atoms with Crippen LogP contribution in [0.15, 0.2) is 47.5 Å². The number of aliphatic hydroxyl groups excluding tert-OH is 1. The Labute approximate surface area is 221 Å². The van der Waals surface area contributed by atoms with Gasteiger partial charge in [0.25, 0.3) is 5.56 Å². The zero-order chi connectivity index (χ0) is 28.3. The van der Waals surface area contributed by atoms with E-state index in [1.54, 1.807) is 19.2 Å². The van der Waals surface area contributed by atoms with Crippen molar-refractivity contribution in [2.45, 2.75) is 39.2 Å². The molecule has 0 unspecified atom stereocenters. The van der Waals surface area contributed by atoms with Crippen LogP contribution in [0.25, 0.3) is 11.1 Å². The number of alkyl halides is 3. The minimum Gasteiger partial charge on any atom is -0.406 e. The molecule has 9 nitrogen and oxygen atoms in total. The Morgan fingerprint density at radius 3 is 2.67 bits per heavy atom. The van der Waals surface area contributed by atoms with Gasteiger partial charge in [0.05, 0.1) is 6.61 Å². The minimum atomic E-state index is -4.83.